The van der Waals surface area contributed by atoms with Crippen LogP contribution in [-0.4, -0.2) is 24.1 Å². The maximum Gasteiger partial charge on any atom is 0.318 e. The Morgan fingerprint density at radius 3 is 2.24 bits per heavy atom. The summed E-state index contributed by atoms with van der Waals surface area (Å²) in [6.07, 6.45) is 1.18. The Labute approximate surface area is 123 Å². The molecule has 2 aliphatic rings. The van der Waals surface area contributed by atoms with Gasteiger partial charge in [-0.25, -0.2) is 0 Å². The van der Waals surface area contributed by atoms with Gasteiger partial charge in [0.25, 0.3) is 5.92 Å². The summed E-state index contributed by atoms with van der Waals surface area (Å²) >= 11 is 5.54. The second-order valence-corrected chi connectivity index (χ2v) is 4.94. The third-order valence-electron chi connectivity index (χ3n) is 2.93. The van der Waals surface area contributed by atoms with Crippen molar-refractivity contribution in [3.05, 3.63) is 57.0 Å². The molecular formula is C13H11ClF3N3O. The predicted octanol–water partition coefficient (Wildman–Crippen LogP) is 2.84. The Kier molecular flexibility index (Phi) is 3.95. The number of aromatic nitrogens is 2. The minimum absolute atomic E-state index is 0.139. The molecule has 2 aliphatic carbocycles. The van der Waals surface area contributed by atoms with Crippen molar-refractivity contribution in [3.63, 3.8) is 0 Å². The van der Waals surface area contributed by atoms with Gasteiger partial charge in [0, 0.05) is 25.2 Å². The molecule has 0 aliphatic heterocycles. The van der Waals surface area contributed by atoms with Gasteiger partial charge in [0.15, 0.2) is 0 Å². The molecule has 2 bridgehead atoms. The second kappa shape index (κ2) is 5.40. The molecule has 21 heavy (non-hydrogen) atoms. The first-order valence-electron chi connectivity index (χ1n) is 5.85. The van der Waals surface area contributed by atoms with E-state index in [1.165, 1.54) is 24.4 Å². The summed E-state index contributed by atoms with van der Waals surface area (Å²) in [6.45, 7) is 0. The van der Waals surface area contributed by atoms with Gasteiger partial charge in [-0.3, -0.25) is 4.79 Å². The molecule has 1 aromatic heterocycles. The zero-order valence-electron chi connectivity index (χ0n) is 11.1. The molecule has 4 rings (SSSR count). The van der Waals surface area contributed by atoms with Crippen LogP contribution in [0.4, 0.5) is 18.9 Å². The van der Waals surface area contributed by atoms with Crippen molar-refractivity contribution in [2.45, 2.75) is 5.92 Å². The molecule has 0 fully saturated rings. The van der Waals surface area contributed by atoms with Crippen LogP contribution < -0.4 is 10.5 Å². The smallest absolute Gasteiger partial charge is 0.318 e. The first kappa shape index (κ1) is 15.4. The highest BCUT2D eigenvalue weighted by molar-refractivity contribution is 6.32. The average Bonchev–Trinajstić information content (AvgIpc) is 2.46. The Morgan fingerprint density at radius 1 is 1.29 bits per heavy atom. The number of alkyl halides is 2. The minimum atomic E-state index is -2.63. The Bertz CT molecular complexity index is 702. The fraction of sp³-hybridized carbons (Fsp3) is 0.231. The molecule has 4 nitrogen and oxygen atoms in total. The normalized spacial score (nSPS) is 13.8. The maximum absolute atomic E-state index is 12.5. The number of nitrogens with zero attached hydrogens (tertiary/aromatic N) is 3. The van der Waals surface area contributed by atoms with E-state index in [0.717, 1.165) is 0 Å². The van der Waals surface area contributed by atoms with Gasteiger partial charge >= 0.3 is 5.56 Å². The molecule has 0 N–H and O–H groups in total. The molecule has 112 valence electrons. The summed E-state index contributed by atoms with van der Waals surface area (Å²) in [7, 11) is 3.37. The lowest BCUT2D eigenvalue weighted by atomic mass is 9.89. The summed E-state index contributed by atoms with van der Waals surface area (Å²) < 4.78 is 37.3. The molecule has 0 saturated heterocycles. The molecule has 2 aromatic rings. The van der Waals surface area contributed by atoms with Crippen molar-refractivity contribution >= 4 is 17.3 Å². The van der Waals surface area contributed by atoms with Crippen LogP contribution in [0.5, 0.6) is 0 Å². The van der Waals surface area contributed by atoms with Crippen molar-refractivity contribution in [1.29, 1.82) is 0 Å². The Morgan fingerprint density at radius 2 is 1.86 bits per heavy atom. The third-order valence-corrected chi connectivity index (χ3v) is 3.29. The lowest BCUT2D eigenvalue weighted by molar-refractivity contribution is 0.0276. The lowest BCUT2D eigenvalue weighted by Crippen LogP contribution is -2.23. The monoisotopic (exact) mass is 317 g/mol. The molecule has 1 heterocycles. The molecule has 0 saturated carbocycles. The molecular weight excluding hydrogens is 307 g/mol. The van der Waals surface area contributed by atoms with Crippen molar-refractivity contribution in [3.8, 4) is 0 Å². The van der Waals surface area contributed by atoms with Crippen LogP contribution >= 0.6 is 11.6 Å². The highest BCUT2D eigenvalue weighted by atomic mass is 35.5. The van der Waals surface area contributed by atoms with Gasteiger partial charge in [0.05, 0.1) is 11.9 Å². The topological polar surface area (TPSA) is 38.1 Å². The van der Waals surface area contributed by atoms with Crippen LogP contribution in [0, 0.1) is 0 Å². The summed E-state index contributed by atoms with van der Waals surface area (Å²) in [4.78, 5) is 12.1. The van der Waals surface area contributed by atoms with Gasteiger partial charge in [-0.2, -0.15) is 8.78 Å². The number of hydrogen-bond acceptors (Lipinski definition) is 3. The zero-order valence-corrected chi connectivity index (χ0v) is 11.9. The van der Waals surface area contributed by atoms with Crippen LogP contribution in [0.3, 0.4) is 0 Å². The highest BCUT2D eigenvalue weighted by Gasteiger charge is 2.41. The molecule has 1 aromatic carbocycles. The summed E-state index contributed by atoms with van der Waals surface area (Å²) in [5, 5.41) is 3.00. The number of halogens is 4. The van der Waals surface area contributed by atoms with E-state index in [4.69, 9.17) is 11.6 Å². The van der Waals surface area contributed by atoms with Gasteiger partial charge in [0.1, 0.15) is 5.02 Å². The van der Waals surface area contributed by atoms with Crippen LogP contribution in [0.2, 0.25) is 5.02 Å². The van der Waals surface area contributed by atoms with E-state index in [9.17, 15) is 18.1 Å². The lowest BCUT2D eigenvalue weighted by Gasteiger charge is -2.25. The van der Waals surface area contributed by atoms with Gasteiger partial charge < -0.3 is 4.90 Å². The molecule has 0 unspecified atom stereocenters. The van der Waals surface area contributed by atoms with Gasteiger partial charge in [-0.15, -0.1) is 5.10 Å². The van der Waals surface area contributed by atoms with Crippen molar-refractivity contribution in [1.82, 2.24) is 10.0 Å². The standard InChI is InChI=1S/C7H4F2.C6H7ClFN3O/c8-7(9)5-2-1-3-6(7)4-5;1-10(2)4-3-9-11(8)6(12)5(4)7/h1-4H;3H,1-2H3. The summed E-state index contributed by atoms with van der Waals surface area (Å²) in [5.74, 6) is -2.63. The van der Waals surface area contributed by atoms with E-state index in [1.807, 2.05) is 0 Å². The maximum atomic E-state index is 12.5. The fourth-order valence-electron chi connectivity index (χ4n) is 1.72. The van der Waals surface area contributed by atoms with Crippen molar-refractivity contribution in [2.75, 3.05) is 19.0 Å². The first-order valence-corrected chi connectivity index (χ1v) is 6.23. The van der Waals surface area contributed by atoms with Crippen molar-refractivity contribution < 1.29 is 13.3 Å². The van der Waals surface area contributed by atoms with Crippen LogP contribution in [0.15, 0.2) is 35.3 Å². The van der Waals surface area contributed by atoms with Gasteiger partial charge in [-0.1, -0.05) is 39.2 Å². The molecule has 0 amide bonds. The molecule has 8 heteroatoms. The van der Waals surface area contributed by atoms with Crippen LogP contribution in [0.25, 0.3) is 0 Å². The van der Waals surface area contributed by atoms with Gasteiger partial charge in [-0.05, 0) is 6.07 Å². The van der Waals surface area contributed by atoms with Crippen molar-refractivity contribution in [2.24, 2.45) is 0 Å². The highest BCUT2D eigenvalue weighted by Crippen LogP contribution is 2.43. The third kappa shape index (κ3) is 2.73. The zero-order chi connectivity index (χ0) is 15.8. The summed E-state index contributed by atoms with van der Waals surface area (Å²) in [5.41, 5.74) is -0.265. The number of benzene rings is 1. The van der Waals surface area contributed by atoms with E-state index in [0.29, 0.717) is 5.69 Å². The number of hydrogen-bond donors (Lipinski definition) is 0. The Hall–Kier alpha value is -2.02. The van der Waals surface area contributed by atoms with Crippen LogP contribution in [-0.2, 0) is 5.92 Å². The quantitative estimate of drug-likeness (QED) is 0.812. The van der Waals surface area contributed by atoms with E-state index in [1.54, 1.807) is 25.1 Å². The second-order valence-electron chi connectivity index (χ2n) is 4.56. The first-order chi connectivity index (χ1) is 9.75. The van der Waals surface area contributed by atoms with Gasteiger partial charge in [0.2, 0.25) is 0 Å². The molecule has 0 atom stereocenters. The molecule has 0 radical (unpaired) electrons. The molecule has 0 spiro atoms. The average molecular weight is 318 g/mol. The number of fused-ring (bicyclic) bond motifs is 2. The van der Waals surface area contributed by atoms with Crippen LogP contribution in [0.1, 0.15) is 11.1 Å². The largest absolute Gasteiger partial charge is 0.375 e. The van der Waals surface area contributed by atoms with E-state index in [2.05, 4.69) is 5.10 Å². The number of rotatable bonds is 1. The number of anilines is 1. The summed E-state index contributed by atoms with van der Waals surface area (Å²) in [6, 6.07) is 6.02. The minimum Gasteiger partial charge on any atom is -0.375 e. The predicted molar refractivity (Wildman–Crippen MR) is 73.8 cm³/mol. The SMILES string of the molecule is CN(C)c1cnn(F)c(=O)c1Cl.FC1(F)c2cccc1c2. The fourth-order valence-corrected chi connectivity index (χ4v) is 2.00. The van der Waals surface area contributed by atoms with E-state index >= 15 is 0 Å². The van der Waals surface area contributed by atoms with E-state index in [-0.39, 0.29) is 21.1 Å². The Balaban J connectivity index is 0.000000159. The van der Waals surface area contributed by atoms with E-state index < -0.39 is 11.5 Å².